The molecule has 2 N–H and O–H groups in total. The molecule has 0 aliphatic rings. The fraction of sp³-hybridized carbons (Fsp3) is 0.385. The maximum atomic E-state index is 11.2. The second-order valence-electron chi connectivity index (χ2n) is 3.77. The number of carbonyl (C=O) groups is 2. The summed E-state index contributed by atoms with van der Waals surface area (Å²) in [6.07, 6.45) is 0.541. The highest BCUT2D eigenvalue weighted by molar-refractivity contribution is 7.99. The number of thioether (sulfide) groups is 1. The molecule has 0 atom stereocenters. The molecular weight excluding hydrogens is 250 g/mol. The Kier molecular flexibility index (Phi) is 6.28. The van der Waals surface area contributed by atoms with Gasteiger partial charge in [0.2, 0.25) is 5.91 Å². The first-order chi connectivity index (χ1) is 8.61. The molecule has 0 aliphatic heterocycles. The number of benzene rings is 1. The van der Waals surface area contributed by atoms with Crippen LogP contribution < -0.4 is 5.32 Å². The van der Waals surface area contributed by atoms with Crippen molar-refractivity contribution in [3.63, 3.8) is 0 Å². The van der Waals surface area contributed by atoms with E-state index in [1.165, 1.54) is 0 Å². The maximum absolute atomic E-state index is 11.2. The Morgan fingerprint density at radius 1 is 1.28 bits per heavy atom. The first kappa shape index (κ1) is 14.6. The molecule has 1 rings (SSSR count). The number of hydrogen-bond acceptors (Lipinski definition) is 3. The molecule has 1 amide bonds. The van der Waals surface area contributed by atoms with Gasteiger partial charge in [-0.15, -0.1) is 11.8 Å². The number of nitrogens with one attached hydrogen (secondary N) is 1. The summed E-state index contributed by atoms with van der Waals surface area (Å²) < 4.78 is 0. The second-order valence-corrected chi connectivity index (χ2v) is 4.93. The highest BCUT2D eigenvalue weighted by Gasteiger charge is 2.02. The van der Waals surface area contributed by atoms with Gasteiger partial charge in [0.05, 0.1) is 6.42 Å². The van der Waals surface area contributed by atoms with E-state index in [1.807, 2.05) is 31.2 Å². The van der Waals surface area contributed by atoms with E-state index in [-0.39, 0.29) is 12.3 Å². The Bertz CT molecular complexity index is 403. The summed E-state index contributed by atoms with van der Waals surface area (Å²) in [6.45, 7) is 2.56. The minimum atomic E-state index is -0.827. The van der Waals surface area contributed by atoms with E-state index < -0.39 is 5.97 Å². The van der Waals surface area contributed by atoms with E-state index in [1.54, 1.807) is 11.8 Å². The summed E-state index contributed by atoms with van der Waals surface area (Å²) >= 11 is 1.59. The zero-order valence-electron chi connectivity index (χ0n) is 10.3. The SMILES string of the molecule is CCNC(=O)CCSc1ccc(CC(=O)O)cc1. The van der Waals surface area contributed by atoms with Crippen molar-refractivity contribution in [2.45, 2.75) is 24.7 Å². The predicted molar refractivity (Wildman–Crippen MR) is 71.8 cm³/mol. The van der Waals surface area contributed by atoms with Gasteiger partial charge in [-0.05, 0) is 24.6 Å². The van der Waals surface area contributed by atoms with E-state index >= 15 is 0 Å². The summed E-state index contributed by atoms with van der Waals surface area (Å²) in [7, 11) is 0. The van der Waals surface area contributed by atoms with Gasteiger partial charge in [0.25, 0.3) is 0 Å². The average Bonchev–Trinajstić information content (AvgIpc) is 2.31. The Morgan fingerprint density at radius 2 is 1.94 bits per heavy atom. The lowest BCUT2D eigenvalue weighted by atomic mass is 10.2. The average molecular weight is 267 g/mol. The van der Waals surface area contributed by atoms with Crippen molar-refractivity contribution in [2.75, 3.05) is 12.3 Å². The van der Waals surface area contributed by atoms with Crippen molar-refractivity contribution in [2.24, 2.45) is 0 Å². The van der Waals surface area contributed by atoms with Gasteiger partial charge in [-0.25, -0.2) is 0 Å². The molecule has 0 aromatic heterocycles. The van der Waals surface area contributed by atoms with Crippen LogP contribution in [0, 0.1) is 0 Å². The standard InChI is InChI=1S/C13H17NO3S/c1-2-14-12(15)7-8-18-11-5-3-10(4-6-11)9-13(16)17/h3-6H,2,7-9H2,1H3,(H,14,15)(H,16,17). The van der Waals surface area contributed by atoms with Crippen LogP contribution in [0.5, 0.6) is 0 Å². The summed E-state index contributed by atoms with van der Waals surface area (Å²) in [5, 5.41) is 11.4. The van der Waals surface area contributed by atoms with Gasteiger partial charge in [0.15, 0.2) is 0 Å². The van der Waals surface area contributed by atoms with E-state index in [9.17, 15) is 9.59 Å². The van der Waals surface area contributed by atoms with Gasteiger partial charge in [0.1, 0.15) is 0 Å². The van der Waals surface area contributed by atoms with Crippen molar-refractivity contribution >= 4 is 23.6 Å². The zero-order valence-corrected chi connectivity index (χ0v) is 11.1. The molecule has 0 heterocycles. The van der Waals surface area contributed by atoms with Crippen LogP contribution in [0.15, 0.2) is 29.2 Å². The number of rotatable bonds is 7. The van der Waals surface area contributed by atoms with Gasteiger partial charge in [-0.3, -0.25) is 9.59 Å². The van der Waals surface area contributed by atoms with Crippen molar-refractivity contribution in [1.82, 2.24) is 5.32 Å². The molecule has 0 radical (unpaired) electrons. The van der Waals surface area contributed by atoms with Crippen LogP contribution in [-0.4, -0.2) is 29.3 Å². The molecule has 18 heavy (non-hydrogen) atoms. The van der Waals surface area contributed by atoms with Crippen molar-refractivity contribution in [1.29, 1.82) is 0 Å². The zero-order chi connectivity index (χ0) is 13.4. The third-order valence-electron chi connectivity index (χ3n) is 2.25. The van der Waals surface area contributed by atoms with Gasteiger partial charge >= 0.3 is 5.97 Å². The lowest BCUT2D eigenvalue weighted by Crippen LogP contribution is -2.22. The van der Waals surface area contributed by atoms with Crippen molar-refractivity contribution in [3.05, 3.63) is 29.8 Å². The van der Waals surface area contributed by atoms with E-state index in [0.717, 1.165) is 16.2 Å². The fourth-order valence-corrected chi connectivity index (χ4v) is 2.28. The summed E-state index contributed by atoms with van der Waals surface area (Å²) in [6, 6.07) is 7.40. The van der Waals surface area contributed by atoms with Crippen LogP contribution in [0.1, 0.15) is 18.9 Å². The molecule has 0 aliphatic carbocycles. The molecule has 0 fully saturated rings. The van der Waals surface area contributed by atoms with Crippen molar-refractivity contribution < 1.29 is 14.7 Å². The molecular formula is C13H17NO3S. The molecule has 5 heteroatoms. The highest BCUT2D eigenvalue weighted by Crippen LogP contribution is 2.19. The van der Waals surface area contributed by atoms with Gasteiger partial charge < -0.3 is 10.4 Å². The largest absolute Gasteiger partial charge is 0.481 e. The Hall–Kier alpha value is -1.49. The summed E-state index contributed by atoms with van der Waals surface area (Å²) in [5.74, 6) is -0.0384. The second kappa shape index (κ2) is 7.76. The summed E-state index contributed by atoms with van der Waals surface area (Å²) in [5.41, 5.74) is 0.788. The molecule has 4 nitrogen and oxygen atoms in total. The molecule has 0 saturated heterocycles. The topological polar surface area (TPSA) is 66.4 Å². The molecule has 0 saturated carbocycles. The fourth-order valence-electron chi connectivity index (χ4n) is 1.43. The van der Waals surface area contributed by atoms with Crippen molar-refractivity contribution in [3.8, 4) is 0 Å². The lowest BCUT2D eigenvalue weighted by molar-refractivity contribution is -0.136. The van der Waals surface area contributed by atoms with Crippen LogP contribution in [-0.2, 0) is 16.0 Å². The third kappa shape index (κ3) is 5.72. The third-order valence-corrected chi connectivity index (χ3v) is 3.26. The number of hydrogen-bond donors (Lipinski definition) is 2. The Morgan fingerprint density at radius 3 is 2.50 bits per heavy atom. The molecule has 0 unspecified atom stereocenters. The van der Waals surface area contributed by atoms with Crippen LogP contribution >= 0.6 is 11.8 Å². The first-order valence-electron chi connectivity index (χ1n) is 5.82. The Labute approximate surface area is 111 Å². The van der Waals surface area contributed by atoms with E-state index in [0.29, 0.717) is 13.0 Å². The van der Waals surface area contributed by atoms with E-state index in [4.69, 9.17) is 5.11 Å². The van der Waals surface area contributed by atoms with E-state index in [2.05, 4.69) is 5.32 Å². The van der Waals surface area contributed by atoms with Gasteiger partial charge in [0, 0.05) is 23.6 Å². The number of carboxylic acid groups (broad SMARTS) is 1. The molecule has 0 bridgehead atoms. The first-order valence-corrected chi connectivity index (χ1v) is 6.80. The minimum absolute atomic E-state index is 0.0455. The molecule has 98 valence electrons. The lowest BCUT2D eigenvalue weighted by Gasteiger charge is -2.03. The highest BCUT2D eigenvalue weighted by atomic mass is 32.2. The van der Waals surface area contributed by atoms with Gasteiger partial charge in [-0.2, -0.15) is 0 Å². The van der Waals surface area contributed by atoms with Crippen LogP contribution in [0.3, 0.4) is 0 Å². The minimum Gasteiger partial charge on any atom is -0.481 e. The van der Waals surface area contributed by atoms with Crippen LogP contribution in [0.4, 0.5) is 0 Å². The normalized spacial score (nSPS) is 10.1. The molecule has 1 aromatic rings. The maximum Gasteiger partial charge on any atom is 0.307 e. The number of aliphatic carboxylic acids is 1. The predicted octanol–water partition coefficient (Wildman–Crippen LogP) is 1.93. The molecule has 1 aromatic carbocycles. The number of carboxylic acids is 1. The quantitative estimate of drug-likeness (QED) is 0.741. The van der Waals surface area contributed by atoms with Crippen LogP contribution in [0.25, 0.3) is 0 Å². The summed E-state index contributed by atoms with van der Waals surface area (Å²) in [4.78, 5) is 22.8. The molecule has 0 spiro atoms. The Balaban J connectivity index is 2.35. The smallest absolute Gasteiger partial charge is 0.307 e. The van der Waals surface area contributed by atoms with Gasteiger partial charge in [-0.1, -0.05) is 12.1 Å². The number of amides is 1. The van der Waals surface area contributed by atoms with Crippen LogP contribution in [0.2, 0.25) is 0 Å². The monoisotopic (exact) mass is 267 g/mol. The number of carbonyl (C=O) groups excluding carboxylic acids is 1.